The van der Waals surface area contributed by atoms with Gasteiger partial charge in [-0.1, -0.05) is 0 Å². The SMILES string of the molecule is Cc1cc(C#N)cc(OCC(C)(C)N)n1. The monoisotopic (exact) mass is 205 g/mol. The number of nitriles is 1. The molecule has 4 nitrogen and oxygen atoms in total. The van der Waals surface area contributed by atoms with Crippen LogP contribution in [0.3, 0.4) is 0 Å². The van der Waals surface area contributed by atoms with E-state index in [0.717, 1.165) is 5.69 Å². The summed E-state index contributed by atoms with van der Waals surface area (Å²) in [6.07, 6.45) is 0. The second kappa shape index (κ2) is 4.28. The van der Waals surface area contributed by atoms with Crippen molar-refractivity contribution in [1.82, 2.24) is 4.98 Å². The van der Waals surface area contributed by atoms with E-state index >= 15 is 0 Å². The zero-order valence-corrected chi connectivity index (χ0v) is 9.24. The summed E-state index contributed by atoms with van der Waals surface area (Å²) in [5.41, 5.74) is 6.68. The van der Waals surface area contributed by atoms with Gasteiger partial charge in [-0.3, -0.25) is 0 Å². The predicted octanol–water partition coefficient (Wildman–Crippen LogP) is 1.38. The summed E-state index contributed by atoms with van der Waals surface area (Å²) < 4.78 is 5.41. The molecule has 4 heteroatoms. The van der Waals surface area contributed by atoms with Gasteiger partial charge in [-0.15, -0.1) is 0 Å². The summed E-state index contributed by atoms with van der Waals surface area (Å²) in [7, 11) is 0. The molecule has 15 heavy (non-hydrogen) atoms. The van der Waals surface area contributed by atoms with Gasteiger partial charge in [0.05, 0.1) is 11.6 Å². The minimum absolute atomic E-state index is 0.369. The Hall–Kier alpha value is -1.60. The van der Waals surface area contributed by atoms with Crippen LogP contribution in [-0.2, 0) is 0 Å². The molecular weight excluding hydrogens is 190 g/mol. The van der Waals surface area contributed by atoms with Crippen molar-refractivity contribution in [3.8, 4) is 11.9 Å². The first-order valence-electron chi connectivity index (χ1n) is 4.71. The lowest BCUT2D eigenvalue weighted by Crippen LogP contribution is -2.38. The van der Waals surface area contributed by atoms with E-state index in [2.05, 4.69) is 11.1 Å². The highest BCUT2D eigenvalue weighted by Gasteiger charge is 2.12. The normalized spacial score (nSPS) is 10.9. The first-order valence-corrected chi connectivity index (χ1v) is 4.71. The molecule has 0 amide bonds. The van der Waals surface area contributed by atoms with Gasteiger partial charge in [-0.25, -0.2) is 4.98 Å². The minimum Gasteiger partial charge on any atom is -0.476 e. The van der Waals surface area contributed by atoms with Gasteiger partial charge in [-0.2, -0.15) is 5.26 Å². The molecule has 0 aliphatic carbocycles. The van der Waals surface area contributed by atoms with Crippen molar-refractivity contribution < 1.29 is 4.74 Å². The maximum absolute atomic E-state index is 8.76. The van der Waals surface area contributed by atoms with Crippen LogP contribution in [0.4, 0.5) is 0 Å². The van der Waals surface area contributed by atoms with Crippen molar-refractivity contribution in [1.29, 1.82) is 5.26 Å². The van der Waals surface area contributed by atoms with E-state index in [4.69, 9.17) is 15.7 Å². The molecule has 1 aromatic rings. The van der Waals surface area contributed by atoms with Crippen LogP contribution in [0.25, 0.3) is 0 Å². The first-order chi connectivity index (χ1) is 6.90. The van der Waals surface area contributed by atoms with Gasteiger partial charge < -0.3 is 10.5 Å². The van der Waals surface area contributed by atoms with Crippen molar-refractivity contribution in [2.75, 3.05) is 6.61 Å². The van der Waals surface area contributed by atoms with Gasteiger partial charge >= 0.3 is 0 Å². The molecule has 2 N–H and O–H groups in total. The molecule has 0 spiro atoms. The lowest BCUT2D eigenvalue weighted by molar-refractivity contribution is 0.235. The lowest BCUT2D eigenvalue weighted by Gasteiger charge is -2.18. The highest BCUT2D eigenvalue weighted by atomic mass is 16.5. The molecule has 1 aromatic heterocycles. The Bertz CT molecular complexity index is 388. The minimum atomic E-state index is -0.405. The van der Waals surface area contributed by atoms with Crippen LogP contribution in [0, 0.1) is 18.3 Å². The summed E-state index contributed by atoms with van der Waals surface area (Å²) in [5.74, 6) is 0.449. The molecular formula is C11H15N3O. The van der Waals surface area contributed by atoms with Gasteiger partial charge in [0.25, 0.3) is 0 Å². The average Bonchev–Trinajstić information content (AvgIpc) is 2.13. The highest BCUT2D eigenvalue weighted by Crippen LogP contribution is 2.12. The number of aromatic nitrogens is 1. The van der Waals surface area contributed by atoms with E-state index in [0.29, 0.717) is 18.1 Å². The largest absolute Gasteiger partial charge is 0.476 e. The van der Waals surface area contributed by atoms with E-state index in [-0.39, 0.29) is 0 Å². The van der Waals surface area contributed by atoms with Gasteiger partial charge in [0, 0.05) is 17.3 Å². The molecule has 1 rings (SSSR count). The fraction of sp³-hybridized carbons (Fsp3) is 0.455. The van der Waals surface area contributed by atoms with E-state index in [1.54, 1.807) is 12.1 Å². The fourth-order valence-corrected chi connectivity index (χ4v) is 1.04. The number of pyridine rings is 1. The standard InChI is InChI=1S/C11H15N3O/c1-8-4-9(6-12)5-10(14-8)15-7-11(2,3)13/h4-5H,7,13H2,1-3H3. The van der Waals surface area contributed by atoms with Crippen LogP contribution in [-0.4, -0.2) is 17.1 Å². The number of nitrogens with zero attached hydrogens (tertiary/aromatic N) is 2. The molecule has 0 aromatic carbocycles. The van der Waals surface area contributed by atoms with Crippen LogP contribution in [0.1, 0.15) is 25.1 Å². The number of rotatable bonds is 3. The third-order valence-electron chi connectivity index (χ3n) is 1.65. The maximum atomic E-state index is 8.76. The topological polar surface area (TPSA) is 71.9 Å². The molecule has 0 aliphatic rings. The Balaban J connectivity index is 2.78. The lowest BCUT2D eigenvalue weighted by atomic mass is 10.1. The van der Waals surface area contributed by atoms with E-state index < -0.39 is 5.54 Å². The quantitative estimate of drug-likeness (QED) is 0.809. The number of nitrogens with two attached hydrogens (primary N) is 1. The summed E-state index contributed by atoms with van der Waals surface area (Å²) in [4.78, 5) is 4.16. The fourth-order valence-electron chi connectivity index (χ4n) is 1.04. The molecule has 0 unspecified atom stereocenters. The summed E-state index contributed by atoms with van der Waals surface area (Å²) in [6, 6.07) is 5.37. The first kappa shape index (κ1) is 11.5. The summed E-state index contributed by atoms with van der Waals surface area (Å²) >= 11 is 0. The van der Waals surface area contributed by atoms with Crippen molar-refractivity contribution >= 4 is 0 Å². The summed E-state index contributed by atoms with van der Waals surface area (Å²) in [6.45, 7) is 5.93. The molecule has 80 valence electrons. The van der Waals surface area contributed by atoms with Crippen molar-refractivity contribution in [2.45, 2.75) is 26.3 Å². The molecule has 0 fully saturated rings. The number of hydrogen-bond acceptors (Lipinski definition) is 4. The summed E-state index contributed by atoms with van der Waals surface area (Å²) in [5, 5.41) is 8.76. The van der Waals surface area contributed by atoms with Crippen molar-refractivity contribution in [2.24, 2.45) is 5.73 Å². The third-order valence-corrected chi connectivity index (χ3v) is 1.65. The highest BCUT2D eigenvalue weighted by molar-refractivity contribution is 5.34. The molecule has 0 aliphatic heterocycles. The van der Waals surface area contributed by atoms with Gasteiger partial charge in [-0.05, 0) is 26.8 Å². The van der Waals surface area contributed by atoms with Gasteiger partial charge in [0.15, 0.2) is 0 Å². The Morgan fingerprint density at radius 2 is 2.20 bits per heavy atom. The molecule has 0 atom stereocenters. The molecule has 0 bridgehead atoms. The Kier molecular flexibility index (Phi) is 3.28. The zero-order chi connectivity index (χ0) is 11.5. The second-order valence-corrected chi connectivity index (χ2v) is 4.22. The van der Waals surface area contributed by atoms with Crippen LogP contribution in [0.2, 0.25) is 0 Å². The molecule has 0 saturated heterocycles. The van der Waals surface area contributed by atoms with E-state index in [1.165, 1.54) is 0 Å². The molecule has 0 radical (unpaired) electrons. The van der Waals surface area contributed by atoms with Gasteiger partial charge in [0.1, 0.15) is 6.61 Å². The van der Waals surface area contributed by atoms with Crippen LogP contribution < -0.4 is 10.5 Å². The maximum Gasteiger partial charge on any atom is 0.214 e. The Labute approximate surface area is 89.7 Å². The smallest absolute Gasteiger partial charge is 0.214 e. The second-order valence-electron chi connectivity index (χ2n) is 4.22. The average molecular weight is 205 g/mol. The Morgan fingerprint density at radius 3 is 2.73 bits per heavy atom. The van der Waals surface area contributed by atoms with Crippen LogP contribution >= 0.6 is 0 Å². The van der Waals surface area contributed by atoms with Gasteiger partial charge in [0.2, 0.25) is 5.88 Å². The number of aryl methyl sites for hydroxylation is 1. The Morgan fingerprint density at radius 1 is 1.53 bits per heavy atom. The van der Waals surface area contributed by atoms with Crippen molar-refractivity contribution in [3.63, 3.8) is 0 Å². The number of hydrogen-bond donors (Lipinski definition) is 1. The van der Waals surface area contributed by atoms with E-state index in [9.17, 15) is 0 Å². The predicted molar refractivity (Wildman–Crippen MR) is 57.5 cm³/mol. The molecule has 1 heterocycles. The third kappa shape index (κ3) is 3.96. The molecule has 0 saturated carbocycles. The number of ether oxygens (including phenoxy) is 1. The zero-order valence-electron chi connectivity index (χ0n) is 9.24. The van der Waals surface area contributed by atoms with Crippen LogP contribution in [0.15, 0.2) is 12.1 Å². The van der Waals surface area contributed by atoms with Crippen LogP contribution in [0.5, 0.6) is 5.88 Å². The van der Waals surface area contributed by atoms with Crippen molar-refractivity contribution in [3.05, 3.63) is 23.4 Å². The van der Waals surface area contributed by atoms with E-state index in [1.807, 2.05) is 20.8 Å².